The Labute approximate surface area is 101 Å². The predicted octanol–water partition coefficient (Wildman–Crippen LogP) is 1.01. The number of aryl methyl sites for hydroxylation is 2. The summed E-state index contributed by atoms with van der Waals surface area (Å²) in [5.41, 5.74) is 8.56. The third-order valence-electron chi connectivity index (χ3n) is 2.93. The summed E-state index contributed by atoms with van der Waals surface area (Å²) in [5, 5.41) is 4.04. The van der Waals surface area contributed by atoms with Gasteiger partial charge in [-0.2, -0.15) is 5.10 Å². The van der Waals surface area contributed by atoms with E-state index in [-0.39, 0.29) is 6.04 Å². The molecule has 2 N–H and O–H groups in total. The molecule has 0 fully saturated rings. The highest BCUT2D eigenvalue weighted by Gasteiger charge is 2.13. The van der Waals surface area contributed by atoms with E-state index in [1.807, 2.05) is 19.3 Å². The molecule has 0 aliphatic rings. The van der Waals surface area contributed by atoms with E-state index in [1.54, 1.807) is 17.2 Å². The maximum Gasteiger partial charge on any atom is 0.138 e. The number of nitrogens with two attached hydrogens (primary N) is 1. The second kappa shape index (κ2) is 5.05. The van der Waals surface area contributed by atoms with Crippen LogP contribution in [0, 0.1) is 0 Å². The van der Waals surface area contributed by atoms with Gasteiger partial charge in [-0.1, -0.05) is 6.92 Å². The fourth-order valence-electron chi connectivity index (χ4n) is 1.91. The lowest BCUT2D eigenvalue weighted by Gasteiger charge is -2.14. The Balaban J connectivity index is 2.20. The number of rotatable bonds is 4. The second-order valence-electron chi connectivity index (χ2n) is 4.04. The van der Waals surface area contributed by atoms with Gasteiger partial charge in [0.25, 0.3) is 0 Å². The first-order valence-electron chi connectivity index (χ1n) is 5.73. The number of hydrogen-bond donors (Lipinski definition) is 1. The van der Waals surface area contributed by atoms with Gasteiger partial charge in [0.05, 0.1) is 0 Å². The SMILES string of the molecule is CCc1cnccc1C(N)Cc1ncnn1C. The molecule has 1 atom stereocenters. The molecule has 2 aromatic rings. The van der Waals surface area contributed by atoms with Crippen LogP contribution in [0.25, 0.3) is 0 Å². The summed E-state index contributed by atoms with van der Waals surface area (Å²) in [6, 6.07) is 1.93. The van der Waals surface area contributed by atoms with Crippen molar-refractivity contribution in [3.05, 3.63) is 41.7 Å². The standard InChI is InChI=1S/C12H17N5/c1-3-9-7-14-5-4-10(9)11(13)6-12-15-8-16-17(12)2/h4-5,7-8,11H,3,6,13H2,1-2H3. The molecular weight excluding hydrogens is 214 g/mol. The Hall–Kier alpha value is -1.75. The average Bonchev–Trinajstić information content (AvgIpc) is 2.75. The van der Waals surface area contributed by atoms with Crippen LogP contribution in [0.4, 0.5) is 0 Å². The number of pyridine rings is 1. The van der Waals surface area contributed by atoms with E-state index < -0.39 is 0 Å². The first-order valence-corrected chi connectivity index (χ1v) is 5.73. The van der Waals surface area contributed by atoms with Gasteiger partial charge >= 0.3 is 0 Å². The molecular formula is C12H17N5. The number of nitrogens with zero attached hydrogens (tertiary/aromatic N) is 4. The minimum Gasteiger partial charge on any atom is -0.324 e. The summed E-state index contributed by atoms with van der Waals surface area (Å²) >= 11 is 0. The van der Waals surface area contributed by atoms with Gasteiger partial charge in [0, 0.05) is 31.9 Å². The Bertz CT molecular complexity index is 491. The topological polar surface area (TPSA) is 69.6 Å². The second-order valence-corrected chi connectivity index (χ2v) is 4.04. The van der Waals surface area contributed by atoms with Gasteiger partial charge in [0.15, 0.2) is 0 Å². The molecule has 0 saturated heterocycles. The van der Waals surface area contributed by atoms with Crippen molar-refractivity contribution >= 4 is 0 Å². The normalized spacial score (nSPS) is 12.6. The monoisotopic (exact) mass is 231 g/mol. The van der Waals surface area contributed by atoms with Crippen LogP contribution in [0.2, 0.25) is 0 Å². The van der Waals surface area contributed by atoms with Gasteiger partial charge < -0.3 is 5.73 Å². The van der Waals surface area contributed by atoms with Gasteiger partial charge in [-0.15, -0.1) is 0 Å². The fraction of sp³-hybridized carbons (Fsp3) is 0.417. The van der Waals surface area contributed by atoms with Crippen molar-refractivity contribution < 1.29 is 0 Å². The van der Waals surface area contributed by atoms with E-state index in [9.17, 15) is 0 Å². The maximum atomic E-state index is 6.22. The van der Waals surface area contributed by atoms with Gasteiger partial charge in [-0.3, -0.25) is 9.67 Å². The van der Waals surface area contributed by atoms with Crippen LogP contribution < -0.4 is 5.73 Å². The summed E-state index contributed by atoms with van der Waals surface area (Å²) in [6.07, 6.45) is 6.84. The molecule has 0 radical (unpaired) electrons. The van der Waals surface area contributed by atoms with E-state index >= 15 is 0 Å². The number of aromatic nitrogens is 4. The molecule has 1 unspecified atom stereocenters. The first-order chi connectivity index (χ1) is 8.22. The van der Waals surface area contributed by atoms with Crippen LogP contribution in [-0.4, -0.2) is 19.7 Å². The van der Waals surface area contributed by atoms with Crippen LogP contribution in [0.3, 0.4) is 0 Å². The van der Waals surface area contributed by atoms with E-state index in [1.165, 1.54) is 5.56 Å². The molecule has 5 nitrogen and oxygen atoms in total. The molecule has 90 valence electrons. The number of hydrogen-bond acceptors (Lipinski definition) is 4. The molecule has 2 aromatic heterocycles. The molecule has 0 aliphatic carbocycles. The largest absolute Gasteiger partial charge is 0.324 e. The summed E-state index contributed by atoms with van der Waals surface area (Å²) in [7, 11) is 1.88. The quantitative estimate of drug-likeness (QED) is 0.852. The minimum atomic E-state index is -0.0594. The van der Waals surface area contributed by atoms with Crippen molar-refractivity contribution in [1.29, 1.82) is 0 Å². The summed E-state index contributed by atoms with van der Waals surface area (Å²) in [6.45, 7) is 2.11. The molecule has 0 saturated carbocycles. The van der Waals surface area contributed by atoms with Crippen molar-refractivity contribution in [2.24, 2.45) is 12.8 Å². The van der Waals surface area contributed by atoms with E-state index in [4.69, 9.17) is 5.73 Å². The van der Waals surface area contributed by atoms with E-state index in [0.29, 0.717) is 6.42 Å². The van der Waals surface area contributed by atoms with Gasteiger partial charge in [-0.25, -0.2) is 4.98 Å². The predicted molar refractivity (Wildman–Crippen MR) is 65.3 cm³/mol. The van der Waals surface area contributed by atoms with Crippen molar-refractivity contribution in [3.8, 4) is 0 Å². The highest BCUT2D eigenvalue weighted by molar-refractivity contribution is 5.27. The summed E-state index contributed by atoms with van der Waals surface area (Å²) in [4.78, 5) is 8.32. The van der Waals surface area contributed by atoms with Crippen molar-refractivity contribution in [1.82, 2.24) is 19.7 Å². The van der Waals surface area contributed by atoms with Crippen molar-refractivity contribution in [2.75, 3.05) is 0 Å². The molecule has 2 rings (SSSR count). The summed E-state index contributed by atoms with van der Waals surface area (Å²) < 4.78 is 1.76. The Morgan fingerprint density at radius 3 is 2.94 bits per heavy atom. The van der Waals surface area contributed by atoms with Crippen molar-refractivity contribution in [3.63, 3.8) is 0 Å². The smallest absolute Gasteiger partial charge is 0.138 e. The van der Waals surface area contributed by atoms with Gasteiger partial charge in [-0.05, 0) is 23.6 Å². The van der Waals surface area contributed by atoms with Crippen LogP contribution >= 0.6 is 0 Å². The van der Waals surface area contributed by atoms with E-state index in [2.05, 4.69) is 22.0 Å². The zero-order valence-corrected chi connectivity index (χ0v) is 10.2. The van der Waals surface area contributed by atoms with Gasteiger partial charge in [0.1, 0.15) is 12.2 Å². The lowest BCUT2D eigenvalue weighted by Crippen LogP contribution is -2.17. The van der Waals surface area contributed by atoms with Crippen LogP contribution in [0.5, 0.6) is 0 Å². The molecule has 0 aromatic carbocycles. The lowest BCUT2D eigenvalue weighted by molar-refractivity contribution is 0.625. The van der Waals surface area contributed by atoms with Crippen LogP contribution in [0.1, 0.15) is 29.9 Å². The van der Waals surface area contributed by atoms with Gasteiger partial charge in [0.2, 0.25) is 0 Å². The van der Waals surface area contributed by atoms with Crippen LogP contribution in [0.15, 0.2) is 24.8 Å². The molecule has 0 spiro atoms. The zero-order chi connectivity index (χ0) is 12.3. The third-order valence-corrected chi connectivity index (χ3v) is 2.93. The first kappa shape index (κ1) is 11.7. The Morgan fingerprint density at radius 1 is 1.47 bits per heavy atom. The van der Waals surface area contributed by atoms with E-state index in [0.717, 1.165) is 17.8 Å². The fourth-order valence-corrected chi connectivity index (χ4v) is 1.91. The molecule has 5 heteroatoms. The molecule has 2 heterocycles. The molecule has 17 heavy (non-hydrogen) atoms. The highest BCUT2D eigenvalue weighted by atomic mass is 15.3. The Morgan fingerprint density at radius 2 is 2.29 bits per heavy atom. The minimum absolute atomic E-state index is 0.0594. The van der Waals surface area contributed by atoms with Crippen LogP contribution in [-0.2, 0) is 19.9 Å². The lowest BCUT2D eigenvalue weighted by atomic mass is 9.99. The maximum absolute atomic E-state index is 6.22. The Kier molecular flexibility index (Phi) is 3.49. The highest BCUT2D eigenvalue weighted by Crippen LogP contribution is 2.18. The summed E-state index contributed by atoms with van der Waals surface area (Å²) in [5.74, 6) is 0.899. The molecule has 0 amide bonds. The molecule has 0 bridgehead atoms. The average molecular weight is 231 g/mol. The third kappa shape index (κ3) is 2.50. The zero-order valence-electron chi connectivity index (χ0n) is 10.2. The van der Waals surface area contributed by atoms with Crippen molar-refractivity contribution in [2.45, 2.75) is 25.8 Å². The molecule has 0 aliphatic heterocycles.